The normalized spacial score (nSPS) is 22.3. The van der Waals surface area contributed by atoms with Crippen molar-refractivity contribution in [3.05, 3.63) is 59.9 Å². The molecular formula is C21H23F2N3O2. The molecule has 0 saturated carbocycles. The number of benzene rings is 1. The third kappa shape index (κ3) is 4.14. The predicted molar refractivity (Wildman–Crippen MR) is 100 cm³/mol. The van der Waals surface area contributed by atoms with Crippen LogP contribution in [0.1, 0.15) is 28.9 Å². The van der Waals surface area contributed by atoms with E-state index in [1.165, 1.54) is 0 Å². The fourth-order valence-electron chi connectivity index (χ4n) is 4.25. The van der Waals surface area contributed by atoms with Crippen LogP contribution < -0.4 is 4.74 Å². The SMILES string of the molecule is O=C(c1ccccn1)N1C[C@H]2CC[C@@H](C1)N(Cc1ccccc1OC(F)F)C2. The summed E-state index contributed by atoms with van der Waals surface area (Å²) in [6.07, 6.45) is 3.70. The van der Waals surface area contributed by atoms with Crippen molar-refractivity contribution in [3.63, 3.8) is 0 Å². The Bertz CT molecular complexity index is 818. The Hall–Kier alpha value is -2.54. The molecule has 3 aliphatic heterocycles. The monoisotopic (exact) mass is 387 g/mol. The number of halogens is 2. The molecule has 0 unspecified atom stereocenters. The molecule has 0 N–H and O–H groups in total. The Kier molecular flexibility index (Phi) is 5.52. The number of carbonyl (C=O) groups excluding carboxylic acids is 1. The molecule has 2 bridgehead atoms. The van der Waals surface area contributed by atoms with Gasteiger partial charge in [-0.25, -0.2) is 0 Å². The number of pyridine rings is 1. The van der Waals surface area contributed by atoms with Crippen LogP contribution >= 0.6 is 0 Å². The molecule has 5 nitrogen and oxygen atoms in total. The first kappa shape index (κ1) is 18.8. The zero-order valence-corrected chi connectivity index (χ0v) is 15.5. The van der Waals surface area contributed by atoms with Crippen molar-refractivity contribution in [1.82, 2.24) is 14.8 Å². The first-order valence-corrected chi connectivity index (χ1v) is 9.57. The highest BCUT2D eigenvalue weighted by Gasteiger charge is 2.37. The van der Waals surface area contributed by atoms with Gasteiger partial charge in [0, 0.05) is 44.0 Å². The van der Waals surface area contributed by atoms with Crippen molar-refractivity contribution >= 4 is 5.91 Å². The molecule has 4 heterocycles. The van der Waals surface area contributed by atoms with Crippen LogP contribution in [0.4, 0.5) is 8.78 Å². The van der Waals surface area contributed by atoms with Gasteiger partial charge >= 0.3 is 6.61 Å². The van der Waals surface area contributed by atoms with Crippen LogP contribution in [-0.2, 0) is 6.54 Å². The van der Waals surface area contributed by atoms with Gasteiger partial charge in [-0.15, -0.1) is 0 Å². The summed E-state index contributed by atoms with van der Waals surface area (Å²) in [5, 5.41) is 0. The number of carbonyl (C=O) groups is 1. The minimum absolute atomic E-state index is 0.0409. The summed E-state index contributed by atoms with van der Waals surface area (Å²) in [5.41, 5.74) is 1.21. The van der Waals surface area contributed by atoms with Crippen LogP contribution in [0.2, 0.25) is 0 Å². The molecule has 5 rings (SSSR count). The summed E-state index contributed by atoms with van der Waals surface area (Å²) < 4.78 is 30.1. The predicted octanol–water partition coefficient (Wildman–Crippen LogP) is 3.42. The lowest BCUT2D eigenvalue weighted by molar-refractivity contribution is -0.0510. The van der Waals surface area contributed by atoms with E-state index in [4.69, 9.17) is 0 Å². The molecule has 2 atom stereocenters. The number of amides is 1. The minimum Gasteiger partial charge on any atom is -0.434 e. The average molecular weight is 387 g/mol. The Labute approximate surface area is 162 Å². The van der Waals surface area contributed by atoms with E-state index in [0.717, 1.165) is 24.9 Å². The molecule has 1 aromatic carbocycles. The zero-order chi connectivity index (χ0) is 19.5. The molecule has 3 aliphatic rings. The number of hydrogen-bond donors (Lipinski definition) is 0. The van der Waals surface area contributed by atoms with E-state index in [1.54, 1.807) is 30.5 Å². The van der Waals surface area contributed by atoms with Crippen LogP contribution in [0.3, 0.4) is 0 Å². The van der Waals surface area contributed by atoms with Crippen molar-refractivity contribution in [3.8, 4) is 5.75 Å². The number of alkyl halides is 2. The number of nitrogens with zero attached hydrogens (tertiary/aromatic N) is 3. The molecule has 0 spiro atoms. The average Bonchev–Trinajstić information content (AvgIpc) is 3.01. The minimum atomic E-state index is -2.84. The smallest absolute Gasteiger partial charge is 0.387 e. The van der Waals surface area contributed by atoms with Gasteiger partial charge in [-0.1, -0.05) is 24.3 Å². The second kappa shape index (κ2) is 8.22. The van der Waals surface area contributed by atoms with Gasteiger partial charge in [0.1, 0.15) is 11.4 Å². The van der Waals surface area contributed by atoms with E-state index in [1.807, 2.05) is 23.1 Å². The van der Waals surface area contributed by atoms with Crippen LogP contribution in [0.25, 0.3) is 0 Å². The van der Waals surface area contributed by atoms with Crippen molar-refractivity contribution in [2.24, 2.45) is 5.92 Å². The molecule has 7 heteroatoms. The lowest BCUT2D eigenvalue weighted by atomic mass is 9.94. The van der Waals surface area contributed by atoms with Gasteiger partial charge in [0.05, 0.1) is 0 Å². The van der Waals surface area contributed by atoms with Crippen LogP contribution in [0.5, 0.6) is 5.75 Å². The van der Waals surface area contributed by atoms with E-state index < -0.39 is 6.61 Å². The van der Waals surface area contributed by atoms with Crippen LogP contribution in [0.15, 0.2) is 48.7 Å². The molecule has 1 amide bonds. The van der Waals surface area contributed by atoms with Gasteiger partial charge in [0.15, 0.2) is 0 Å². The van der Waals surface area contributed by atoms with Crippen molar-refractivity contribution in [2.45, 2.75) is 32.0 Å². The quantitative estimate of drug-likeness (QED) is 0.789. The number of fused-ring (bicyclic) bond motifs is 4. The summed E-state index contributed by atoms with van der Waals surface area (Å²) in [5.74, 6) is 0.550. The second-order valence-electron chi connectivity index (χ2n) is 7.44. The maximum atomic E-state index is 12.9. The summed E-state index contributed by atoms with van der Waals surface area (Å²) in [6, 6.07) is 12.5. The van der Waals surface area contributed by atoms with Gasteiger partial charge in [-0.05, 0) is 37.0 Å². The van der Waals surface area contributed by atoms with Crippen molar-refractivity contribution in [2.75, 3.05) is 19.6 Å². The third-order valence-corrected chi connectivity index (χ3v) is 5.56. The maximum absolute atomic E-state index is 12.9. The lowest BCUT2D eigenvalue weighted by Gasteiger charge is -2.36. The van der Waals surface area contributed by atoms with E-state index in [0.29, 0.717) is 31.2 Å². The second-order valence-corrected chi connectivity index (χ2v) is 7.44. The summed E-state index contributed by atoms with van der Waals surface area (Å²) in [6.45, 7) is -0.121. The highest BCUT2D eigenvalue weighted by atomic mass is 19.3. The highest BCUT2D eigenvalue weighted by Crippen LogP contribution is 2.31. The standard InChI is InChI=1S/C21H23F2N3O2/c22-21(23)28-19-7-2-1-5-16(19)13-25-11-15-8-9-17(25)14-26(12-15)20(27)18-6-3-4-10-24-18/h1-7,10,15,17,21H,8-9,11-14H2/t15-,17-/m0/s1. The number of para-hydroxylation sites is 1. The Morgan fingerprint density at radius 3 is 2.71 bits per heavy atom. The Morgan fingerprint density at radius 1 is 1.11 bits per heavy atom. The number of ether oxygens (including phenoxy) is 1. The van der Waals surface area contributed by atoms with Gasteiger partial charge in [-0.2, -0.15) is 8.78 Å². The molecule has 148 valence electrons. The molecule has 0 aliphatic carbocycles. The fourth-order valence-corrected chi connectivity index (χ4v) is 4.25. The maximum Gasteiger partial charge on any atom is 0.387 e. The van der Waals surface area contributed by atoms with Crippen LogP contribution in [-0.4, -0.2) is 53.0 Å². The number of piperidine rings is 1. The molecule has 2 aromatic rings. The van der Waals surface area contributed by atoms with E-state index >= 15 is 0 Å². The van der Waals surface area contributed by atoms with Crippen molar-refractivity contribution in [1.29, 1.82) is 0 Å². The lowest BCUT2D eigenvalue weighted by Crippen LogP contribution is -2.44. The van der Waals surface area contributed by atoms with Gasteiger partial charge in [0.2, 0.25) is 0 Å². The number of rotatable bonds is 5. The summed E-state index contributed by atoms with van der Waals surface area (Å²) in [7, 11) is 0. The van der Waals surface area contributed by atoms with E-state index in [2.05, 4.69) is 14.6 Å². The fraction of sp³-hybridized carbons (Fsp3) is 0.429. The first-order chi connectivity index (χ1) is 13.6. The molecule has 28 heavy (non-hydrogen) atoms. The summed E-state index contributed by atoms with van der Waals surface area (Å²) >= 11 is 0. The molecular weight excluding hydrogens is 364 g/mol. The Morgan fingerprint density at radius 2 is 1.93 bits per heavy atom. The zero-order valence-electron chi connectivity index (χ0n) is 15.5. The largest absolute Gasteiger partial charge is 0.434 e. The molecule has 0 radical (unpaired) electrons. The third-order valence-electron chi connectivity index (χ3n) is 5.56. The topological polar surface area (TPSA) is 45.7 Å². The Balaban J connectivity index is 1.49. The number of aromatic nitrogens is 1. The molecule has 3 fully saturated rings. The van der Waals surface area contributed by atoms with Gasteiger partial charge in [0.25, 0.3) is 5.91 Å². The summed E-state index contributed by atoms with van der Waals surface area (Å²) in [4.78, 5) is 21.2. The number of hydrogen-bond acceptors (Lipinski definition) is 4. The molecule has 1 aromatic heterocycles. The molecule has 3 saturated heterocycles. The highest BCUT2D eigenvalue weighted by molar-refractivity contribution is 5.92. The van der Waals surface area contributed by atoms with E-state index in [-0.39, 0.29) is 17.7 Å². The first-order valence-electron chi connectivity index (χ1n) is 9.57. The van der Waals surface area contributed by atoms with Gasteiger partial charge in [-0.3, -0.25) is 14.7 Å². The van der Waals surface area contributed by atoms with Gasteiger partial charge < -0.3 is 9.64 Å². The van der Waals surface area contributed by atoms with E-state index in [9.17, 15) is 13.6 Å². The van der Waals surface area contributed by atoms with Crippen LogP contribution in [0, 0.1) is 5.92 Å². The van der Waals surface area contributed by atoms with Crippen molar-refractivity contribution < 1.29 is 18.3 Å².